The zero-order valence-electron chi connectivity index (χ0n) is 6.89. The molecule has 0 fully saturated rings. The molecule has 0 aliphatic carbocycles. The summed E-state index contributed by atoms with van der Waals surface area (Å²) >= 11 is 5.60. The largest absolute Gasteiger partial charge is 0.402 e. The van der Waals surface area contributed by atoms with E-state index < -0.39 is 0 Å². The van der Waals surface area contributed by atoms with E-state index in [-0.39, 0.29) is 0 Å². The molecule has 0 heterocycles. The summed E-state index contributed by atoms with van der Waals surface area (Å²) in [4.78, 5) is 0. The summed E-state index contributed by atoms with van der Waals surface area (Å²) < 4.78 is 0. The Morgan fingerprint density at radius 1 is 1.50 bits per heavy atom. The normalized spacial score (nSPS) is 15.9. The van der Waals surface area contributed by atoms with Gasteiger partial charge >= 0.3 is 0 Å². The Balaban J connectivity index is 3.89. The van der Waals surface area contributed by atoms with Crippen molar-refractivity contribution in [1.82, 2.24) is 0 Å². The predicted molar refractivity (Wildman–Crippen MR) is 47.0 cm³/mol. The van der Waals surface area contributed by atoms with Gasteiger partial charge in [-0.2, -0.15) is 0 Å². The number of halogens is 1. The van der Waals surface area contributed by atoms with Crippen LogP contribution in [0.3, 0.4) is 0 Å². The molecule has 1 nitrogen and oxygen atoms in total. The first-order valence-electron chi connectivity index (χ1n) is 3.61. The first-order chi connectivity index (χ1) is 4.57. The second-order valence-corrected chi connectivity index (χ2v) is 3.26. The lowest BCUT2D eigenvalue weighted by atomic mass is 10.1. The fourth-order valence-corrected chi connectivity index (χ4v) is 0.655. The van der Waals surface area contributed by atoms with Crippen molar-refractivity contribution in [3.63, 3.8) is 0 Å². The number of hydrogen-bond acceptors (Lipinski definition) is 1. The van der Waals surface area contributed by atoms with E-state index in [2.05, 4.69) is 20.8 Å². The van der Waals surface area contributed by atoms with E-state index >= 15 is 0 Å². The van der Waals surface area contributed by atoms with Crippen molar-refractivity contribution in [2.45, 2.75) is 20.8 Å². The van der Waals surface area contributed by atoms with Crippen molar-refractivity contribution < 1.29 is 0 Å². The van der Waals surface area contributed by atoms with Crippen molar-refractivity contribution in [3.05, 3.63) is 11.8 Å². The average Bonchev–Trinajstić information content (AvgIpc) is 1.87. The van der Waals surface area contributed by atoms with Crippen molar-refractivity contribution in [1.29, 1.82) is 0 Å². The van der Waals surface area contributed by atoms with Gasteiger partial charge in [0.05, 0.1) is 0 Å². The third kappa shape index (κ3) is 3.78. The Morgan fingerprint density at radius 3 is 2.30 bits per heavy atom. The van der Waals surface area contributed by atoms with Crippen LogP contribution in [-0.2, 0) is 0 Å². The van der Waals surface area contributed by atoms with Gasteiger partial charge < -0.3 is 5.73 Å². The van der Waals surface area contributed by atoms with E-state index in [1.807, 2.05) is 6.08 Å². The zero-order chi connectivity index (χ0) is 8.15. The molecule has 0 bridgehead atoms. The first kappa shape index (κ1) is 9.83. The standard InChI is InChI=1S/C8H16ClN/c1-6(2)8(10)4-7(3)5-9/h4,6-7H,5,10H2,1-3H3/b8-4+. The molecule has 0 spiro atoms. The molecule has 0 saturated carbocycles. The van der Waals surface area contributed by atoms with Crippen molar-refractivity contribution in [3.8, 4) is 0 Å². The SMILES string of the molecule is CC(/C=C(/N)C(C)C)CCl. The van der Waals surface area contributed by atoms with Crippen molar-refractivity contribution in [2.75, 3.05) is 5.88 Å². The van der Waals surface area contributed by atoms with E-state index in [4.69, 9.17) is 17.3 Å². The molecule has 0 aromatic rings. The van der Waals surface area contributed by atoms with E-state index in [0.29, 0.717) is 17.7 Å². The van der Waals surface area contributed by atoms with Crippen LogP contribution in [0.5, 0.6) is 0 Å². The van der Waals surface area contributed by atoms with Gasteiger partial charge in [0.2, 0.25) is 0 Å². The van der Waals surface area contributed by atoms with Gasteiger partial charge in [0, 0.05) is 11.6 Å². The molecule has 0 aromatic carbocycles. The van der Waals surface area contributed by atoms with Gasteiger partial charge in [0.25, 0.3) is 0 Å². The summed E-state index contributed by atoms with van der Waals surface area (Å²) in [6.07, 6.45) is 2.03. The summed E-state index contributed by atoms with van der Waals surface area (Å²) in [7, 11) is 0. The summed E-state index contributed by atoms with van der Waals surface area (Å²) in [5, 5.41) is 0. The van der Waals surface area contributed by atoms with E-state index in [1.54, 1.807) is 0 Å². The minimum absolute atomic E-state index is 0.393. The monoisotopic (exact) mass is 161 g/mol. The number of alkyl halides is 1. The van der Waals surface area contributed by atoms with Gasteiger partial charge in [-0.25, -0.2) is 0 Å². The summed E-state index contributed by atoms with van der Waals surface area (Å²) in [6, 6.07) is 0. The van der Waals surface area contributed by atoms with Gasteiger partial charge in [-0.1, -0.05) is 26.8 Å². The summed E-state index contributed by atoms with van der Waals surface area (Å²) in [6.45, 7) is 6.21. The number of hydrogen-bond donors (Lipinski definition) is 1. The maximum atomic E-state index is 5.70. The second-order valence-electron chi connectivity index (χ2n) is 2.95. The maximum absolute atomic E-state index is 5.70. The fraction of sp³-hybridized carbons (Fsp3) is 0.750. The molecular weight excluding hydrogens is 146 g/mol. The van der Waals surface area contributed by atoms with E-state index in [0.717, 1.165) is 5.70 Å². The Morgan fingerprint density at radius 2 is 2.00 bits per heavy atom. The molecule has 0 aliphatic heterocycles. The van der Waals surface area contributed by atoms with Crippen LogP contribution in [0.2, 0.25) is 0 Å². The maximum Gasteiger partial charge on any atom is 0.0284 e. The van der Waals surface area contributed by atoms with Crippen molar-refractivity contribution in [2.24, 2.45) is 17.6 Å². The lowest BCUT2D eigenvalue weighted by Gasteiger charge is -2.07. The second kappa shape index (κ2) is 4.62. The third-order valence-electron chi connectivity index (χ3n) is 1.39. The molecule has 1 atom stereocenters. The molecular formula is C8H16ClN. The quantitative estimate of drug-likeness (QED) is 0.632. The van der Waals surface area contributed by atoms with Gasteiger partial charge in [0.15, 0.2) is 0 Å². The molecule has 0 amide bonds. The summed E-state index contributed by atoms with van der Waals surface area (Å²) in [5.74, 6) is 1.47. The van der Waals surface area contributed by atoms with Crippen LogP contribution >= 0.6 is 11.6 Å². The lowest BCUT2D eigenvalue weighted by Crippen LogP contribution is -2.07. The van der Waals surface area contributed by atoms with Crippen LogP contribution < -0.4 is 5.73 Å². The Labute approximate surface area is 68.2 Å². The minimum Gasteiger partial charge on any atom is -0.402 e. The number of rotatable bonds is 3. The van der Waals surface area contributed by atoms with Crippen molar-refractivity contribution >= 4 is 11.6 Å². The van der Waals surface area contributed by atoms with Gasteiger partial charge in [-0.3, -0.25) is 0 Å². The topological polar surface area (TPSA) is 26.0 Å². The predicted octanol–water partition coefficient (Wildman–Crippen LogP) is 2.36. The molecule has 0 rings (SSSR count). The van der Waals surface area contributed by atoms with Crippen LogP contribution in [0.4, 0.5) is 0 Å². The molecule has 2 N–H and O–H groups in total. The molecule has 60 valence electrons. The molecule has 0 aliphatic rings. The van der Waals surface area contributed by atoms with Crippen LogP contribution in [-0.4, -0.2) is 5.88 Å². The highest BCUT2D eigenvalue weighted by atomic mass is 35.5. The van der Waals surface area contributed by atoms with Gasteiger partial charge in [-0.15, -0.1) is 11.6 Å². The van der Waals surface area contributed by atoms with Crippen LogP contribution in [0, 0.1) is 11.8 Å². The Hall–Kier alpha value is -0.170. The van der Waals surface area contributed by atoms with Gasteiger partial charge in [-0.05, 0) is 11.8 Å². The van der Waals surface area contributed by atoms with E-state index in [9.17, 15) is 0 Å². The highest BCUT2D eigenvalue weighted by Crippen LogP contribution is 2.07. The van der Waals surface area contributed by atoms with Gasteiger partial charge in [0.1, 0.15) is 0 Å². The van der Waals surface area contributed by atoms with E-state index in [1.165, 1.54) is 0 Å². The summed E-state index contributed by atoms with van der Waals surface area (Å²) in [5.41, 5.74) is 6.63. The molecule has 2 heteroatoms. The highest BCUT2D eigenvalue weighted by molar-refractivity contribution is 6.18. The third-order valence-corrected chi connectivity index (χ3v) is 1.87. The highest BCUT2D eigenvalue weighted by Gasteiger charge is 1.99. The molecule has 10 heavy (non-hydrogen) atoms. The minimum atomic E-state index is 0.393. The molecule has 0 radical (unpaired) electrons. The zero-order valence-corrected chi connectivity index (χ0v) is 7.65. The number of allylic oxidation sites excluding steroid dienone is 2. The Kier molecular flexibility index (Phi) is 4.54. The fourth-order valence-electron chi connectivity index (χ4n) is 0.566. The Bertz CT molecular complexity index is 118. The number of nitrogens with two attached hydrogens (primary N) is 1. The molecule has 0 saturated heterocycles. The average molecular weight is 162 g/mol. The first-order valence-corrected chi connectivity index (χ1v) is 4.14. The van der Waals surface area contributed by atoms with Crippen LogP contribution in [0.25, 0.3) is 0 Å². The smallest absolute Gasteiger partial charge is 0.0284 e. The molecule has 1 unspecified atom stereocenters. The van der Waals surface area contributed by atoms with Crippen LogP contribution in [0.15, 0.2) is 11.8 Å². The molecule has 0 aromatic heterocycles. The van der Waals surface area contributed by atoms with Crippen LogP contribution in [0.1, 0.15) is 20.8 Å². The lowest BCUT2D eigenvalue weighted by molar-refractivity contribution is 0.723.